The molecule has 24 heavy (non-hydrogen) atoms. The van der Waals surface area contributed by atoms with Crippen molar-refractivity contribution in [2.45, 2.75) is 24.0 Å². The van der Waals surface area contributed by atoms with Gasteiger partial charge in [0.2, 0.25) is 10.0 Å². The van der Waals surface area contributed by atoms with E-state index in [1.54, 1.807) is 19.0 Å². The number of sulfonamides is 1. The zero-order valence-electron chi connectivity index (χ0n) is 13.5. The number of benzene rings is 1. The molecule has 1 aromatic rings. The molecule has 0 radical (unpaired) electrons. The second kappa shape index (κ2) is 7.39. The molecule has 0 amide bonds. The molecular weight excluding hydrogens is 393 g/mol. The van der Waals surface area contributed by atoms with E-state index in [2.05, 4.69) is 9.71 Å². The summed E-state index contributed by atoms with van der Waals surface area (Å²) in [5.41, 5.74) is -1.19. The molecule has 0 bridgehead atoms. The second-order valence-electron chi connectivity index (χ2n) is 5.33. The van der Waals surface area contributed by atoms with Crippen LogP contribution in [0.15, 0.2) is 22.0 Å². The second-order valence-corrected chi connectivity index (χ2v) is 8.82. The molecular formula is C14H19Cl2N3O3S2. The van der Waals surface area contributed by atoms with Crippen LogP contribution in [0.1, 0.15) is 18.9 Å². The standard InChI is InChI=1S/C14H19Cl2N3O3S2/c1-4-5-18-24(21,22)12-6-9(10(15)7-11(12)16)14(20)8-23-13(17-2)19(14)3/h6-7,18,20H,4-5,8H2,1-3H3. The Morgan fingerprint density at radius 2 is 2.08 bits per heavy atom. The molecule has 6 nitrogen and oxygen atoms in total. The normalized spacial score (nSPS) is 23.2. The van der Waals surface area contributed by atoms with E-state index in [0.717, 1.165) is 0 Å². The van der Waals surface area contributed by atoms with Gasteiger partial charge in [0, 0.05) is 26.2 Å². The molecule has 1 aliphatic heterocycles. The number of aliphatic imine (C=N–C) groups is 1. The maximum Gasteiger partial charge on any atom is 0.242 e. The molecule has 2 rings (SSSR count). The van der Waals surface area contributed by atoms with Gasteiger partial charge in [-0.15, -0.1) is 0 Å². The van der Waals surface area contributed by atoms with Crippen LogP contribution in [0, 0.1) is 0 Å². The summed E-state index contributed by atoms with van der Waals surface area (Å²) in [4.78, 5) is 5.56. The monoisotopic (exact) mass is 411 g/mol. The van der Waals surface area contributed by atoms with Crippen molar-refractivity contribution in [3.05, 3.63) is 27.7 Å². The molecule has 1 aliphatic rings. The Labute approximate surface area is 156 Å². The average Bonchev–Trinajstić information content (AvgIpc) is 2.81. The molecule has 0 aliphatic carbocycles. The lowest BCUT2D eigenvalue weighted by atomic mass is 10.0. The SMILES string of the molecule is CCCNS(=O)(=O)c1cc(C2(O)CSC(=NC)N2C)c(Cl)cc1Cl. The van der Waals surface area contributed by atoms with Gasteiger partial charge in [-0.25, -0.2) is 13.1 Å². The Morgan fingerprint density at radius 3 is 2.62 bits per heavy atom. The van der Waals surface area contributed by atoms with Gasteiger partial charge >= 0.3 is 0 Å². The number of amidine groups is 1. The van der Waals surface area contributed by atoms with Crippen molar-refractivity contribution < 1.29 is 13.5 Å². The predicted octanol–water partition coefficient (Wildman–Crippen LogP) is 2.49. The fraction of sp³-hybridized carbons (Fsp3) is 0.500. The number of nitrogens with one attached hydrogen (secondary N) is 1. The number of hydrogen-bond acceptors (Lipinski definition) is 5. The van der Waals surface area contributed by atoms with E-state index in [-0.39, 0.29) is 26.3 Å². The van der Waals surface area contributed by atoms with E-state index in [1.807, 2.05) is 6.92 Å². The summed E-state index contributed by atoms with van der Waals surface area (Å²) in [6, 6.07) is 2.68. The van der Waals surface area contributed by atoms with Crippen molar-refractivity contribution in [1.82, 2.24) is 9.62 Å². The third-order valence-corrected chi connectivity index (χ3v) is 7.22. The Hall–Kier alpha value is -0.510. The lowest BCUT2D eigenvalue weighted by Gasteiger charge is -2.32. The molecule has 1 saturated heterocycles. The first-order valence-corrected chi connectivity index (χ1v) is 10.4. The molecule has 0 spiro atoms. The van der Waals surface area contributed by atoms with Crippen molar-refractivity contribution in [3.63, 3.8) is 0 Å². The first-order chi connectivity index (χ1) is 11.2. The van der Waals surface area contributed by atoms with E-state index in [4.69, 9.17) is 23.2 Å². The molecule has 1 aromatic carbocycles. The van der Waals surface area contributed by atoms with Crippen LogP contribution >= 0.6 is 35.0 Å². The van der Waals surface area contributed by atoms with Crippen molar-refractivity contribution in [2.24, 2.45) is 4.99 Å². The van der Waals surface area contributed by atoms with Gasteiger partial charge in [0.25, 0.3) is 0 Å². The lowest BCUT2D eigenvalue weighted by Crippen LogP contribution is -2.42. The maximum absolute atomic E-state index is 12.4. The van der Waals surface area contributed by atoms with Gasteiger partial charge in [0.15, 0.2) is 10.9 Å². The highest BCUT2D eigenvalue weighted by Gasteiger charge is 2.44. The van der Waals surface area contributed by atoms with Crippen LogP contribution < -0.4 is 4.72 Å². The zero-order chi connectivity index (χ0) is 18.1. The van der Waals surface area contributed by atoms with Crippen molar-refractivity contribution in [1.29, 1.82) is 0 Å². The van der Waals surface area contributed by atoms with Crippen LogP contribution in [-0.4, -0.2) is 50.0 Å². The van der Waals surface area contributed by atoms with E-state index < -0.39 is 15.7 Å². The van der Waals surface area contributed by atoms with Crippen LogP contribution in [0.2, 0.25) is 10.0 Å². The minimum Gasteiger partial charge on any atom is -0.366 e. The van der Waals surface area contributed by atoms with Gasteiger partial charge in [-0.05, 0) is 18.6 Å². The van der Waals surface area contributed by atoms with Gasteiger partial charge in [-0.2, -0.15) is 0 Å². The number of hydrogen-bond donors (Lipinski definition) is 2. The molecule has 0 aromatic heterocycles. The van der Waals surface area contributed by atoms with Crippen LogP contribution in [0.5, 0.6) is 0 Å². The van der Waals surface area contributed by atoms with E-state index >= 15 is 0 Å². The van der Waals surface area contributed by atoms with Crippen molar-refractivity contribution >= 4 is 50.2 Å². The summed E-state index contributed by atoms with van der Waals surface area (Å²) < 4.78 is 27.3. The summed E-state index contributed by atoms with van der Waals surface area (Å²) in [6.45, 7) is 2.15. The summed E-state index contributed by atoms with van der Waals surface area (Å²) in [5, 5.41) is 11.9. The maximum atomic E-state index is 12.4. The fourth-order valence-corrected chi connectivity index (χ4v) is 5.56. The summed E-state index contributed by atoms with van der Waals surface area (Å²) in [6.07, 6.45) is 0.650. The fourth-order valence-electron chi connectivity index (χ4n) is 2.35. The molecule has 1 atom stereocenters. The minimum atomic E-state index is -3.79. The summed E-state index contributed by atoms with van der Waals surface area (Å²) in [5.74, 6) is 0.277. The smallest absolute Gasteiger partial charge is 0.242 e. The molecule has 2 N–H and O–H groups in total. The van der Waals surface area contributed by atoms with Gasteiger partial charge in [-0.1, -0.05) is 41.9 Å². The molecule has 0 saturated carbocycles. The van der Waals surface area contributed by atoms with Gasteiger partial charge in [0.1, 0.15) is 4.90 Å². The van der Waals surface area contributed by atoms with Crippen molar-refractivity contribution in [2.75, 3.05) is 26.4 Å². The Bertz CT molecular complexity index is 771. The third kappa shape index (κ3) is 3.54. The number of rotatable bonds is 5. The van der Waals surface area contributed by atoms with E-state index in [0.29, 0.717) is 18.1 Å². The number of aliphatic hydroxyl groups is 1. The summed E-state index contributed by atoms with van der Waals surface area (Å²) >= 11 is 13.7. The Kier molecular flexibility index (Phi) is 6.10. The first-order valence-electron chi connectivity index (χ1n) is 7.22. The molecule has 1 heterocycles. The van der Waals surface area contributed by atoms with E-state index in [9.17, 15) is 13.5 Å². The Balaban J connectivity index is 2.56. The van der Waals surface area contributed by atoms with Crippen molar-refractivity contribution in [3.8, 4) is 0 Å². The van der Waals surface area contributed by atoms with Crippen LogP contribution in [0.4, 0.5) is 0 Å². The first kappa shape index (κ1) is 19.8. The van der Waals surface area contributed by atoms with Gasteiger partial charge in [-0.3, -0.25) is 4.99 Å². The largest absolute Gasteiger partial charge is 0.366 e. The summed E-state index contributed by atoms with van der Waals surface area (Å²) in [7, 11) is -0.492. The minimum absolute atomic E-state index is 0.00800. The predicted molar refractivity (Wildman–Crippen MR) is 99.4 cm³/mol. The zero-order valence-corrected chi connectivity index (χ0v) is 16.7. The number of thioether (sulfide) groups is 1. The van der Waals surface area contributed by atoms with Crippen LogP contribution in [-0.2, 0) is 15.7 Å². The van der Waals surface area contributed by atoms with Gasteiger partial charge in [0.05, 0.1) is 15.8 Å². The number of halogens is 2. The topological polar surface area (TPSA) is 82.0 Å². The highest BCUT2D eigenvalue weighted by molar-refractivity contribution is 8.14. The molecule has 134 valence electrons. The third-order valence-electron chi connectivity index (χ3n) is 3.72. The van der Waals surface area contributed by atoms with Crippen LogP contribution in [0.3, 0.4) is 0 Å². The quantitative estimate of drug-likeness (QED) is 0.777. The highest BCUT2D eigenvalue weighted by atomic mass is 35.5. The molecule has 1 unspecified atom stereocenters. The van der Waals surface area contributed by atoms with Gasteiger partial charge < -0.3 is 10.0 Å². The molecule has 1 fully saturated rings. The lowest BCUT2D eigenvalue weighted by molar-refractivity contribution is -0.0348. The average molecular weight is 412 g/mol. The van der Waals surface area contributed by atoms with Crippen LogP contribution in [0.25, 0.3) is 0 Å². The van der Waals surface area contributed by atoms with E-state index in [1.165, 1.54) is 23.9 Å². The highest BCUT2D eigenvalue weighted by Crippen LogP contribution is 2.42. The Morgan fingerprint density at radius 1 is 1.42 bits per heavy atom. The number of nitrogens with zero attached hydrogens (tertiary/aromatic N) is 2. The molecule has 10 heteroatoms.